The lowest BCUT2D eigenvalue weighted by Crippen LogP contribution is -2.53. The zero-order valence-corrected chi connectivity index (χ0v) is 11.0. The molecular formula is C12H18N2O5. The van der Waals surface area contributed by atoms with Crippen molar-refractivity contribution >= 4 is 17.7 Å². The second-order valence-electron chi connectivity index (χ2n) is 4.37. The highest BCUT2D eigenvalue weighted by molar-refractivity contribution is 6.10. The van der Waals surface area contributed by atoms with Gasteiger partial charge in [0.2, 0.25) is 0 Å². The molecule has 1 fully saturated rings. The summed E-state index contributed by atoms with van der Waals surface area (Å²) in [6.07, 6.45) is 2.68. The standard InChI is InChI=1S/C12H18N2O5/c1-3-19-9(15)7-8(2)10(16)13-11(14-18)12(17)5-4-6-12/h7,17-18H,3-6H2,1-2H3,(H,13,14,16)/b8-7+. The largest absolute Gasteiger partial charge is 0.463 e. The van der Waals surface area contributed by atoms with Gasteiger partial charge in [-0.25, -0.2) is 4.79 Å². The third-order valence-electron chi connectivity index (χ3n) is 2.93. The summed E-state index contributed by atoms with van der Waals surface area (Å²) in [6.45, 7) is 3.29. The molecule has 1 amide bonds. The van der Waals surface area contributed by atoms with Crippen LogP contribution in [0.15, 0.2) is 16.8 Å². The van der Waals surface area contributed by atoms with E-state index in [0.29, 0.717) is 12.8 Å². The van der Waals surface area contributed by atoms with Crippen LogP contribution in [0, 0.1) is 0 Å². The molecule has 3 N–H and O–H groups in total. The van der Waals surface area contributed by atoms with Gasteiger partial charge in [0.15, 0.2) is 5.84 Å². The number of nitrogens with zero attached hydrogens (tertiary/aromatic N) is 1. The molecule has 7 heteroatoms. The Hall–Kier alpha value is -1.89. The maximum Gasteiger partial charge on any atom is 0.331 e. The highest BCUT2D eigenvalue weighted by Crippen LogP contribution is 2.32. The van der Waals surface area contributed by atoms with E-state index in [1.165, 1.54) is 6.92 Å². The number of esters is 1. The van der Waals surface area contributed by atoms with Crippen molar-refractivity contribution in [3.63, 3.8) is 0 Å². The van der Waals surface area contributed by atoms with Crippen LogP contribution in [0.25, 0.3) is 0 Å². The highest BCUT2D eigenvalue weighted by Gasteiger charge is 2.41. The average molecular weight is 270 g/mol. The van der Waals surface area contributed by atoms with E-state index in [1.54, 1.807) is 6.92 Å². The number of oxime groups is 1. The fraction of sp³-hybridized carbons (Fsp3) is 0.583. The minimum Gasteiger partial charge on any atom is -0.463 e. The normalized spacial score (nSPS) is 18.5. The summed E-state index contributed by atoms with van der Waals surface area (Å²) < 4.78 is 4.67. The minimum absolute atomic E-state index is 0.0996. The lowest BCUT2D eigenvalue weighted by atomic mass is 9.79. The number of ether oxygens (including phenoxy) is 1. The molecule has 1 rings (SSSR count). The first-order valence-corrected chi connectivity index (χ1v) is 6.04. The van der Waals surface area contributed by atoms with Gasteiger partial charge >= 0.3 is 5.97 Å². The Morgan fingerprint density at radius 1 is 1.47 bits per heavy atom. The summed E-state index contributed by atoms with van der Waals surface area (Å²) in [5.74, 6) is -1.44. The van der Waals surface area contributed by atoms with E-state index in [9.17, 15) is 14.7 Å². The number of carbonyl (C=O) groups excluding carboxylic acids is 2. The molecule has 0 heterocycles. The van der Waals surface area contributed by atoms with Crippen molar-refractivity contribution in [1.29, 1.82) is 0 Å². The van der Waals surface area contributed by atoms with Crippen LogP contribution in [0.3, 0.4) is 0 Å². The molecule has 0 saturated heterocycles. The highest BCUT2D eigenvalue weighted by atomic mass is 16.5. The van der Waals surface area contributed by atoms with Gasteiger partial charge in [0.25, 0.3) is 5.91 Å². The van der Waals surface area contributed by atoms with E-state index in [2.05, 4.69) is 15.2 Å². The summed E-state index contributed by atoms with van der Waals surface area (Å²) in [5, 5.41) is 24.0. The van der Waals surface area contributed by atoms with Crippen LogP contribution < -0.4 is 5.32 Å². The fourth-order valence-electron chi connectivity index (χ4n) is 1.62. The van der Waals surface area contributed by atoms with Gasteiger partial charge in [-0.1, -0.05) is 5.16 Å². The molecular weight excluding hydrogens is 252 g/mol. The molecule has 1 aliphatic rings. The molecule has 0 atom stereocenters. The second-order valence-corrected chi connectivity index (χ2v) is 4.37. The number of hydrogen-bond acceptors (Lipinski definition) is 6. The number of rotatable bonds is 4. The smallest absolute Gasteiger partial charge is 0.331 e. The quantitative estimate of drug-likeness (QED) is 0.170. The van der Waals surface area contributed by atoms with Crippen molar-refractivity contribution in [3.8, 4) is 0 Å². The summed E-state index contributed by atoms with van der Waals surface area (Å²) in [4.78, 5) is 22.9. The van der Waals surface area contributed by atoms with Gasteiger partial charge in [0, 0.05) is 11.6 Å². The molecule has 0 aromatic rings. The summed E-state index contributed by atoms with van der Waals surface area (Å²) in [7, 11) is 0. The molecule has 0 radical (unpaired) electrons. The van der Waals surface area contributed by atoms with Gasteiger partial charge in [-0.05, 0) is 33.1 Å². The SMILES string of the molecule is CCOC(=O)/C=C(\C)C(=O)N/C(=N/O)C1(O)CCC1. The van der Waals surface area contributed by atoms with Crippen LogP contribution in [0.5, 0.6) is 0 Å². The lowest BCUT2D eigenvalue weighted by molar-refractivity contribution is -0.137. The maximum atomic E-state index is 11.7. The molecule has 7 nitrogen and oxygen atoms in total. The molecule has 0 bridgehead atoms. The Morgan fingerprint density at radius 2 is 2.11 bits per heavy atom. The molecule has 0 aromatic heterocycles. The van der Waals surface area contributed by atoms with Gasteiger partial charge in [-0.15, -0.1) is 0 Å². The van der Waals surface area contributed by atoms with Crippen LogP contribution in [0.2, 0.25) is 0 Å². The molecule has 0 spiro atoms. The van der Waals surface area contributed by atoms with E-state index >= 15 is 0 Å². The Bertz CT molecular complexity index is 424. The lowest BCUT2D eigenvalue weighted by Gasteiger charge is -2.36. The predicted octanol–water partition coefficient (Wildman–Crippen LogP) is 0.315. The third-order valence-corrected chi connectivity index (χ3v) is 2.93. The van der Waals surface area contributed by atoms with E-state index in [0.717, 1.165) is 12.5 Å². The van der Waals surface area contributed by atoms with Crippen LogP contribution in [0.1, 0.15) is 33.1 Å². The molecule has 1 aliphatic carbocycles. The van der Waals surface area contributed by atoms with E-state index in [4.69, 9.17) is 5.21 Å². The van der Waals surface area contributed by atoms with Crippen molar-refractivity contribution in [3.05, 3.63) is 11.6 Å². The molecule has 106 valence electrons. The van der Waals surface area contributed by atoms with Crippen molar-refractivity contribution < 1.29 is 24.6 Å². The summed E-state index contributed by atoms with van der Waals surface area (Å²) in [6, 6.07) is 0. The van der Waals surface area contributed by atoms with Gasteiger partial charge < -0.3 is 20.4 Å². The molecule has 0 aliphatic heterocycles. The monoisotopic (exact) mass is 270 g/mol. The minimum atomic E-state index is -1.28. The van der Waals surface area contributed by atoms with Crippen LogP contribution in [-0.2, 0) is 14.3 Å². The summed E-state index contributed by atoms with van der Waals surface area (Å²) >= 11 is 0. The topological polar surface area (TPSA) is 108 Å². The Labute approximate surface area is 110 Å². The predicted molar refractivity (Wildman–Crippen MR) is 66.6 cm³/mol. The van der Waals surface area contributed by atoms with Crippen LogP contribution >= 0.6 is 0 Å². The number of amides is 1. The van der Waals surface area contributed by atoms with Crippen molar-refractivity contribution in [2.24, 2.45) is 5.16 Å². The van der Waals surface area contributed by atoms with E-state index in [1.807, 2.05) is 0 Å². The molecule has 1 saturated carbocycles. The Kier molecular flexibility index (Phi) is 5.05. The van der Waals surface area contributed by atoms with Crippen molar-refractivity contribution in [1.82, 2.24) is 5.32 Å². The Balaban J connectivity index is 2.65. The number of hydrogen-bond donors (Lipinski definition) is 3. The van der Waals surface area contributed by atoms with Gasteiger partial charge in [-0.3, -0.25) is 4.79 Å². The zero-order chi connectivity index (χ0) is 14.5. The van der Waals surface area contributed by atoms with Gasteiger partial charge in [0.1, 0.15) is 5.60 Å². The number of aliphatic hydroxyl groups is 1. The average Bonchev–Trinajstić information content (AvgIpc) is 2.32. The van der Waals surface area contributed by atoms with Crippen molar-refractivity contribution in [2.45, 2.75) is 38.7 Å². The number of amidine groups is 1. The maximum absolute atomic E-state index is 11.7. The molecule has 0 aromatic carbocycles. The number of nitrogens with one attached hydrogen (secondary N) is 1. The fourth-order valence-corrected chi connectivity index (χ4v) is 1.62. The van der Waals surface area contributed by atoms with Gasteiger partial charge in [-0.2, -0.15) is 0 Å². The van der Waals surface area contributed by atoms with Crippen LogP contribution in [0.4, 0.5) is 0 Å². The van der Waals surface area contributed by atoms with Crippen LogP contribution in [-0.4, -0.2) is 40.2 Å². The Morgan fingerprint density at radius 3 is 2.53 bits per heavy atom. The first-order valence-electron chi connectivity index (χ1n) is 6.04. The van der Waals surface area contributed by atoms with E-state index in [-0.39, 0.29) is 18.0 Å². The van der Waals surface area contributed by atoms with E-state index < -0.39 is 17.5 Å². The second kappa shape index (κ2) is 6.33. The molecule has 0 unspecified atom stereocenters. The third kappa shape index (κ3) is 3.78. The first-order chi connectivity index (χ1) is 8.92. The van der Waals surface area contributed by atoms with Crippen molar-refractivity contribution in [2.75, 3.05) is 6.61 Å². The molecule has 19 heavy (non-hydrogen) atoms. The summed E-state index contributed by atoms with van der Waals surface area (Å²) in [5.41, 5.74) is -1.18. The van der Waals surface area contributed by atoms with Gasteiger partial charge in [0.05, 0.1) is 6.61 Å². The first kappa shape index (κ1) is 15.2. The zero-order valence-electron chi connectivity index (χ0n) is 11.0. The number of carbonyl (C=O) groups is 2.